The lowest BCUT2D eigenvalue weighted by atomic mass is 10.2. The lowest BCUT2D eigenvalue weighted by Crippen LogP contribution is -2.33. The molecule has 2 rings (SSSR count). The third kappa shape index (κ3) is 6.43. The fourth-order valence-electron chi connectivity index (χ4n) is 1.80. The Labute approximate surface area is 159 Å². The average Bonchev–Trinajstić information content (AvgIpc) is 2.55. The van der Waals surface area contributed by atoms with Gasteiger partial charge in [0.05, 0.1) is 0 Å². The van der Waals surface area contributed by atoms with Crippen LogP contribution in [0, 0.1) is 3.57 Å². The summed E-state index contributed by atoms with van der Waals surface area (Å²) in [6.07, 6.45) is 0. The summed E-state index contributed by atoms with van der Waals surface area (Å²) in [6.45, 7) is -2.07. The van der Waals surface area contributed by atoms with E-state index in [1.807, 2.05) is 30.3 Å². The Kier molecular flexibility index (Phi) is 7.10. The molecule has 128 valence electrons. The fourth-order valence-corrected chi connectivity index (χ4v) is 3.85. The van der Waals surface area contributed by atoms with E-state index in [-0.39, 0.29) is 6.61 Å². The van der Waals surface area contributed by atoms with Gasteiger partial charge in [-0.3, -0.25) is 4.79 Å². The topological polar surface area (TPSA) is 64.6 Å². The van der Waals surface area contributed by atoms with Crippen molar-refractivity contribution in [3.63, 3.8) is 0 Å². The molecule has 0 radical (unpaired) electrons. The Morgan fingerprint density at radius 2 is 1.83 bits per heavy atom. The van der Waals surface area contributed by atoms with Crippen LogP contribution < -0.4 is 9.61 Å². The largest absolute Gasteiger partial charge is 0.460 e. The lowest BCUT2D eigenvalue weighted by molar-refractivity contribution is -0.146. The molecular formula is C16H16ClINO4P. The molecule has 2 atom stereocenters. The summed E-state index contributed by atoms with van der Waals surface area (Å²) in [4.78, 5) is 12.0. The van der Waals surface area contributed by atoms with Gasteiger partial charge in [0.1, 0.15) is 18.4 Å². The van der Waals surface area contributed by atoms with Crippen molar-refractivity contribution in [1.29, 1.82) is 0 Å². The molecule has 0 saturated heterocycles. The summed E-state index contributed by atoms with van der Waals surface area (Å²) in [5.41, 5.74) is 0.863. The number of halogens is 2. The van der Waals surface area contributed by atoms with Crippen molar-refractivity contribution in [3.8, 4) is 5.75 Å². The molecule has 1 N–H and O–H groups in total. The SMILES string of the molecule is C[C@H](NP(=O)(Cl)Oc1ccc(I)cc1)C(=O)OCc1ccccc1. The molecule has 0 aliphatic rings. The van der Waals surface area contributed by atoms with E-state index in [1.165, 1.54) is 6.92 Å². The first-order valence-corrected chi connectivity index (χ1v) is 10.7. The van der Waals surface area contributed by atoms with E-state index in [0.29, 0.717) is 5.75 Å². The lowest BCUT2D eigenvalue weighted by Gasteiger charge is -2.18. The minimum Gasteiger partial charge on any atom is -0.460 e. The highest BCUT2D eigenvalue weighted by atomic mass is 127. The maximum Gasteiger partial charge on any atom is 0.409 e. The molecule has 0 spiro atoms. The van der Waals surface area contributed by atoms with Gasteiger partial charge in [-0.15, -0.1) is 0 Å². The van der Waals surface area contributed by atoms with Gasteiger partial charge in [0, 0.05) is 14.8 Å². The normalized spacial score (nSPS) is 14.5. The standard InChI is InChI=1S/C16H16ClINO4P/c1-12(16(20)22-11-13-5-3-2-4-6-13)19-24(17,21)23-15-9-7-14(18)8-10-15/h2-10,12H,11H2,1H3,(H,19,21)/t12-,24?/m0/s1. The van der Waals surface area contributed by atoms with Gasteiger partial charge in [0.15, 0.2) is 0 Å². The molecule has 5 nitrogen and oxygen atoms in total. The van der Waals surface area contributed by atoms with Crippen LogP contribution in [0.15, 0.2) is 54.6 Å². The summed E-state index contributed by atoms with van der Waals surface area (Å²) >= 11 is 8.02. The molecule has 24 heavy (non-hydrogen) atoms. The Balaban J connectivity index is 1.87. The van der Waals surface area contributed by atoms with Crippen molar-refractivity contribution in [2.45, 2.75) is 19.6 Å². The zero-order valence-electron chi connectivity index (χ0n) is 12.8. The van der Waals surface area contributed by atoms with Crippen molar-refractivity contribution in [1.82, 2.24) is 5.09 Å². The van der Waals surface area contributed by atoms with Crippen LogP contribution in [0.2, 0.25) is 0 Å². The van der Waals surface area contributed by atoms with Gasteiger partial charge in [-0.2, -0.15) is 0 Å². The predicted octanol–water partition coefficient (Wildman–Crippen LogP) is 4.74. The number of carbonyl (C=O) groups is 1. The first kappa shape index (κ1) is 19.2. The van der Waals surface area contributed by atoms with Crippen LogP contribution in [-0.2, 0) is 20.7 Å². The van der Waals surface area contributed by atoms with E-state index in [0.717, 1.165) is 9.13 Å². The monoisotopic (exact) mass is 479 g/mol. The van der Waals surface area contributed by atoms with Crippen molar-refractivity contribution in [2.24, 2.45) is 0 Å². The summed E-state index contributed by atoms with van der Waals surface area (Å²) < 4.78 is 23.7. The van der Waals surface area contributed by atoms with Crippen LogP contribution in [-0.4, -0.2) is 12.0 Å². The van der Waals surface area contributed by atoms with Gasteiger partial charge in [0.2, 0.25) is 0 Å². The molecule has 0 bridgehead atoms. The second-order valence-corrected chi connectivity index (χ2v) is 8.95. The summed E-state index contributed by atoms with van der Waals surface area (Å²) in [7, 11) is 0. The molecule has 0 amide bonds. The zero-order valence-corrected chi connectivity index (χ0v) is 16.6. The quantitative estimate of drug-likeness (QED) is 0.353. The van der Waals surface area contributed by atoms with E-state index in [1.54, 1.807) is 24.3 Å². The third-order valence-corrected chi connectivity index (χ3v) is 5.32. The van der Waals surface area contributed by atoms with Crippen molar-refractivity contribution in [2.75, 3.05) is 0 Å². The molecular weight excluding hydrogens is 464 g/mol. The van der Waals surface area contributed by atoms with E-state index < -0.39 is 18.9 Å². The zero-order chi connectivity index (χ0) is 17.6. The van der Waals surface area contributed by atoms with Crippen molar-refractivity contribution >= 4 is 46.7 Å². The van der Waals surface area contributed by atoms with E-state index in [9.17, 15) is 9.36 Å². The number of nitrogens with one attached hydrogen (secondary N) is 1. The summed E-state index contributed by atoms with van der Waals surface area (Å²) in [5.74, 6) is -0.211. The van der Waals surface area contributed by atoms with Gasteiger partial charge in [-0.25, -0.2) is 9.65 Å². The second kappa shape index (κ2) is 8.85. The predicted molar refractivity (Wildman–Crippen MR) is 102 cm³/mol. The highest BCUT2D eigenvalue weighted by Gasteiger charge is 2.28. The number of esters is 1. The van der Waals surface area contributed by atoms with Gasteiger partial charge in [0.25, 0.3) is 0 Å². The smallest absolute Gasteiger partial charge is 0.409 e. The molecule has 0 saturated carbocycles. The van der Waals surface area contributed by atoms with Crippen LogP contribution in [0.1, 0.15) is 12.5 Å². The summed E-state index contributed by atoms with van der Waals surface area (Å²) in [5, 5.41) is 2.48. The van der Waals surface area contributed by atoms with Crippen LogP contribution in [0.25, 0.3) is 0 Å². The number of hydrogen-bond acceptors (Lipinski definition) is 4. The fraction of sp³-hybridized carbons (Fsp3) is 0.188. The maximum atomic E-state index is 12.3. The van der Waals surface area contributed by atoms with Crippen LogP contribution in [0.3, 0.4) is 0 Å². The average molecular weight is 480 g/mol. The van der Waals surface area contributed by atoms with E-state index in [2.05, 4.69) is 27.7 Å². The van der Waals surface area contributed by atoms with Gasteiger partial charge in [-0.1, -0.05) is 30.3 Å². The Morgan fingerprint density at radius 1 is 1.21 bits per heavy atom. The van der Waals surface area contributed by atoms with Crippen LogP contribution in [0.5, 0.6) is 5.75 Å². The first-order valence-electron chi connectivity index (χ1n) is 7.09. The number of benzene rings is 2. The number of hydrogen-bond donors (Lipinski definition) is 1. The van der Waals surface area contributed by atoms with Crippen molar-refractivity contribution < 1.29 is 18.6 Å². The summed E-state index contributed by atoms with van der Waals surface area (Å²) in [6, 6.07) is 15.3. The molecule has 0 aliphatic carbocycles. The molecule has 0 aliphatic heterocycles. The third-order valence-electron chi connectivity index (χ3n) is 2.96. The molecule has 2 aromatic carbocycles. The van der Waals surface area contributed by atoms with Gasteiger partial charge in [-0.05, 0) is 59.3 Å². The molecule has 0 aromatic heterocycles. The molecule has 2 aromatic rings. The van der Waals surface area contributed by atoms with Gasteiger partial charge < -0.3 is 9.26 Å². The van der Waals surface area contributed by atoms with Crippen molar-refractivity contribution in [3.05, 3.63) is 63.7 Å². The van der Waals surface area contributed by atoms with E-state index in [4.69, 9.17) is 20.5 Å². The molecule has 0 heterocycles. The Morgan fingerprint density at radius 3 is 2.46 bits per heavy atom. The highest BCUT2D eigenvalue weighted by Crippen LogP contribution is 2.48. The molecule has 8 heteroatoms. The molecule has 1 unspecified atom stereocenters. The maximum absolute atomic E-state index is 12.3. The minimum absolute atomic E-state index is 0.135. The highest BCUT2D eigenvalue weighted by molar-refractivity contribution is 14.1. The number of ether oxygens (including phenoxy) is 1. The van der Waals surface area contributed by atoms with Crippen LogP contribution >= 0.6 is 40.7 Å². The second-order valence-electron chi connectivity index (χ2n) is 4.97. The van der Waals surface area contributed by atoms with E-state index >= 15 is 0 Å². The molecule has 0 fully saturated rings. The van der Waals surface area contributed by atoms with Gasteiger partial charge >= 0.3 is 12.8 Å². The Hall–Kier alpha value is -1.08. The number of rotatable bonds is 7. The van der Waals surface area contributed by atoms with Crippen LogP contribution in [0.4, 0.5) is 0 Å². The number of carbonyl (C=O) groups excluding carboxylic acids is 1. The Bertz CT molecular complexity index is 727. The first-order chi connectivity index (χ1) is 11.4. The minimum atomic E-state index is -3.72.